The van der Waals surface area contributed by atoms with Crippen LogP contribution in [0.15, 0.2) is 191 Å². The molecule has 10 aromatic rings. The van der Waals surface area contributed by atoms with Crippen molar-refractivity contribution >= 4 is 69.6 Å². The molecule has 1 N–H and O–H groups in total. The van der Waals surface area contributed by atoms with E-state index in [9.17, 15) is 5.11 Å². The normalized spacial score (nSPS) is 12.3. The van der Waals surface area contributed by atoms with Gasteiger partial charge in [-0.3, -0.25) is 0 Å². The van der Waals surface area contributed by atoms with Crippen molar-refractivity contribution in [2.24, 2.45) is 0 Å². The van der Waals surface area contributed by atoms with Crippen LogP contribution in [0.4, 0.5) is 4.39 Å². The van der Waals surface area contributed by atoms with Crippen LogP contribution in [0.5, 0.6) is 0 Å². The van der Waals surface area contributed by atoms with Crippen molar-refractivity contribution < 1.29 is 17.9 Å². The Morgan fingerprint density at radius 1 is 0.586 bits per heavy atom. The van der Waals surface area contributed by atoms with E-state index in [-0.39, 0.29) is 4.90 Å². The van der Waals surface area contributed by atoms with Crippen molar-refractivity contribution in [3.63, 3.8) is 0 Å². The van der Waals surface area contributed by atoms with Gasteiger partial charge in [-0.15, -0.1) is 0 Å². The van der Waals surface area contributed by atoms with Crippen molar-refractivity contribution in [2.45, 2.75) is 17.4 Å². The fourth-order valence-electron chi connectivity index (χ4n) is 8.67. The predicted octanol–water partition coefficient (Wildman–Crippen LogP) is 12.3. The van der Waals surface area contributed by atoms with Gasteiger partial charge >= 0.3 is 0 Å². The summed E-state index contributed by atoms with van der Waals surface area (Å²) in [4.78, 5) is 0.134. The highest BCUT2D eigenvalue weighted by Gasteiger charge is 2.38. The quantitative estimate of drug-likeness (QED) is 0.163. The summed E-state index contributed by atoms with van der Waals surface area (Å²) in [5, 5.41) is 16.6. The summed E-state index contributed by atoms with van der Waals surface area (Å²) < 4.78 is 51.0. The highest BCUT2D eigenvalue weighted by Crippen LogP contribution is 2.49. The number of benzene rings is 8. The second-order valence-electron chi connectivity index (χ2n) is 14.5. The molecular formula is C50H34BrFN2O3S. The van der Waals surface area contributed by atoms with Gasteiger partial charge in [0.05, 0.1) is 32.6 Å². The van der Waals surface area contributed by atoms with E-state index in [1.54, 1.807) is 30.3 Å². The summed E-state index contributed by atoms with van der Waals surface area (Å²) in [7, 11) is -4.24. The number of hydrogen-bond donors (Lipinski definition) is 1. The molecule has 0 saturated heterocycles. The molecule has 0 saturated carbocycles. The zero-order valence-electron chi connectivity index (χ0n) is 31.1. The third kappa shape index (κ3) is 5.33. The lowest BCUT2D eigenvalue weighted by atomic mass is 9.76. The fourth-order valence-corrected chi connectivity index (χ4v) is 10.8. The number of fused-ring (bicyclic) bond motifs is 6. The molecule has 0 spiro atoms. The highest BCUT2D eigenvalue weighted by molar-refractivity contribution is 9.10. The van der Waals surface area contributed by atoms with Crippen molar-refractivity contribution in [3.05, 3.63) is 215 Å². The first-order chi connectivity index (χ1) is 28.2. The van der Waals surface area contributed by atoms with Crippen LogP contribution in [0.1, 0.15) is 22.3 Å². The van der Waals surface area contributed by atoms with Crippen LogP contribution >= 0.6 is 15.9 Å². The first-order valence-corrected chi connectivity index (χ1v) is 21.1. The standard InChI is InChI=1S/C50H34BrFN2O3S/c1-32-28-30-35(31-29-32)58(56,57)54-45-27-13-23-41(51)47(45)39-21-10-20-38(48(39)54)46-40(50(55,33-14-4-2-5-15-33)34-16-6-3-7-17-34)22-12-26-44(46)53-43-25-9-8-18-36(43)37-19-11-24-42(52)49(37)53/h2-31,55H,1H3. The number of nitrogens with zero attached hydrogens (tertiary/aromatic N) is 2. The maximum atomic E-state index is 16.5. The maximum absolute atomic E-state index is 16.5. The Morgan fingerprint density at radius 3 is 1.90 bits per heavy atom. The Labute approximate surface area is 343 Å². The van der Waals surface area contributed by atoms with Crippen molar-refractivity contribution in [2.75, 3.05) is 0 Å². The molecule has 0 aliphatic rings. The average Bonchev–Trinajstić information content (AvgIpc) is 3.79. The van der Waals surface area contributed by atoms with Gasteiger partial charge in [0.2, 0.25) is 0 Å². The molecule has 10 rings (SSSR count). The predicted molar refractivity (Wildman–Crippen MR) is 236 cm³/mol. The van der Waals surface area contributed by atoms with E-state index in [4.69, 9.17) is 0 Å². The lowest BCUT2D eigenvalue weighted by Crippen LogP contribution is -2.30. The second kappa shape index (κ2) is 13.7. The van der Waals surface area contributed by atoms with E-state index in [2.05, 4.69) is 15.9 Å². The van der Waals surface area contributed by atoms with Crippen molar-refractivity contribution in [3.8, 4) is 16.8 Å². The number of halogens is 2. The average molecular weight is 842 g/mol. The molecule has 0 amide bonds. The zero-order chi connectivity index (χ0) is 39.8. The van der Waals surface area contributed by atoms with Crippen molar-refractivity contribution in [1.29, 1.82) is 0 Å². The molecule has 0 unspecified atom stereocenters. The Balaban J connectivity index is 1.45. The van der Waals surface area contributed by atoms with Crippen LogP contribution < -0.4 is 0 Å². The van der Waals surface area contributed by atoms with Crippen molar-refractivity contribution in [1.82, 2.24) is 8.54 Å². The largest absolute Gasteiger partial charge is 0.376 e. The molecule has 0 atom stereocenters. The molecule has 0 aliphatic heterocycles. The monoisotopic (exact) mass is 840 g/mol. The van der Waals surface area contributed by atoms with Gasteiger partial charge in [0.25, 0.3) is 10.0 Å². The van der Waals surface area contributed by atoms with E-state index in [1.165, 1.54) is 10.0 Å². The van der Waals surface area contributed by atoms with Gasteiger partial charge < -0.3 is 9.67 Å². The number of aliphatic hydroxyl groups is 1. The van der Waals surface area contributed by atoms with Gasteiger partial charge in [0.1, 0.15) is 11.4 Å². The number of hydrogen-bond acceptors (Lipinski definition) is 3. The number of aromatic nitrogens is 2. The van der Waals surface area contributed by atoms with Crippen LogP contribution in [-0.2, 0) is 15.6 Å². The Morgan fingerprint density at radius 2 is 1.17 bits per heavy atom. The summed E-state index contributed by atoms with van der Waals surface area (Å²) in [6.45, 7) is 1.92. The smallest absolute Gasteiger partial charge is 0.268 e. The van der Waals surface area contributed by atoms with E-state index in [0.29, 0.717) is 55.4 Å². The number of para-hydroxylation sites is 3. The van der Waals surface area contributed by atoms with Crippen LogP contribution in [0.2, 0.25) is 0 Å². The molecule has 0 fully saturated rings. The molecule has 2 heterocycles. The third-order valence-electron chi connectivity index (χ3n) is 11.2. The van der Waals surface area contributed by atoms with Gasteiger partial charge in [-0.05, 0) is 60.5 Å². The van der Waals surface area contributed by atoms with Gasteiger partial charge in [-0.2, -0.15) is 0 Å². The number of aryl methyl sites for hydroxylation is 1. The summed E-state index contributed by atoms with van der Waals surface area (Å²) in [6.07, 6.45) is 0. The first kappa shape index (κ1) is 36.0. The van der Waals surface area contributed by atoms with Gasteiger partial charge in [0, 0.05) is 42.7 Å². The molecule has 0 aliphatic carbocycles. The minimum Gasteiger partial charge on any atom is -0.376 e. The molecule has 8 aromatic carbocycles. The lowest BCUT2D eigenvalue weighted by Gasteiger charge is -2.33. The molecule has 0 radical (unpaired) electrons. The SMILES string of the molecule is Cc1ccc(S(=O)(=O)n2c3cccc(Br)c3c3cccc(-c4c(-n5c6ccccc6c6cccc(F)c65)cccc4C(O)(c4ccccc4)c4ccccc4)c32)cc1. The molecule has 282 valence electrons. The number of rotatable bonds is 7. The highest BCUT2D eigenvalue weighted by atomic mass is 79.9. The van der Waals surface area contributed by atoms with E-state index < -0.39 is 21.4 Å². The minimum atomic E-state index is -4.24. The topological polar surface area (TPSA) is 64.2 Å². The van der Waals surface area contributed by atoms with Gasteiger partial charge in [-0.25, -0.2) is 16.8 Å². The van der Waals surface area contributed by atoms with Crippen LogP contribution in [0.25, 0.3) is 60.4 Å². The lowest BCUT2D eigenvalue weighted by molar-refractivity contribution is 0.126. The van der Waals surface area contributed by atoms with Crippen LogP contribution in [0.3, 0.4) is 0 Å². The maximum Gasteiger partial charge on any atom is 0.268 e. The molecule has 2 aromatic heterocycles. The molecule has 8 heteroatoms. The van der Waals surface area contributed by atoms with Gasteiger partial charge in [-0.1, -0.05) is 161 Å². The fraction of sp³-hybridized carbons (Fsp3) is 0.0400. The zero-order valence-corrected chi connectivity index (χ0v) is 33.5. The Hall–Kier alpha value is -6.32. The molecule has 58 heavy (non-hydrogen) atoms. The summed E-state index contributed by atoms with van der Waals surface area (Å²) >= 11 is 3.77. The van der Waals surface area contributed by atoms with E-state index in [0.717, 1.165) is 31.7 Å². The Bertz CT molecular complexity index is 3300. The van der Waals surface area contributed by atoms with Crippen LogP contribution in [0, 0.1) is 12.7 Å². The first-order valence-electron chi connectivity index (χ1n) is 18.9. The van der Waals surface area contributed by atoms with Crippen LogP contribution in [-0.4, -0.2) is 22.1 Å². The minimum absolute atomic E-state index is 0.134. The van der Waals surface area contributed by atoms with E-state index >= 15 is 12.8 Å². The summed E-state index contributed by atoms with van der Waals surface area (Å²) in [6, 6.07) is 55.6. The van der Waals surface area contributed by atoms with E-state index in [1.807, 2.05) is 157 Å². The second-order valence-corrected chi connectivity index (χ2v) is 17.2. The molecular weight excluding hydrogens is 808 g/mol. The molecule has 5 nitrogen and oxygen atoms in total. The Kier molecular flexibility index (Phi) is 8.49. The molecule has 0 bridgehead atoms. The van der Waals surface area contributed by atoms with Gasteiger partial charge in [0.15, 0.2) is 0 Å². The third-order valence-corrected chi connectivity index (χ3v) is 13.6. The summed E-state index contributed by atoms with van der Waals surface area (Å²) in [5.41, 5.74) is 4.54. The summed E-state index contributed by atoms with van der Waals surface area (Å²) in [5.74, 6) is -0.412.